The summed E-state index contributed by atoms with van der Waals surface area (Å²) < 4.78 is 32.0. The van der Waals surface area contributed by atoms with Gasteiger partial charge in [0.25, 0.3) is 5.91 Å². The molecule has 1 amide bonds. The van der Waals surface area contributed by atoms with Gasteiger partial charge in [-0.3, -0.25) is 4.79 Å². The van der Waals surface area contributed by atoms with Gasteiger partial charge < -0.3 is 14.5 Å². The molecule has 0 radical (unpaired) electrons. The molecular weight excluding hydrogens is 426 g/mol. The average molecular weight is 452 g/mol. The van der Waals surface area contributed by atoms with Gasteiger partial charge in [-0.25, -0.2) is 12.7 Å². The summed E-state index contributed by atoms with van der Waals surface area (Å²) in [6.07, 6.45) is -0.221. The number of nitrogens with zero attached hydrogens (tertiary/aromatic N) is 3. The second-order valence-corrected chi connectivity index (χ2v) is 9.92. The van der Waals surface area contributed by atoms with Crippen molar-refractivity contribution in [1.29, 1.82) is 0 Å². The van der Waals surface area contributed by atoms with Crippen LogP contribution in [0.3, 0.4) is 0 Å². The molecule has 3 rings (SSSR count). The SMILES string of the molecule is CCN1C[C@@H](CN(C)C(=O)c2cc(S(=O)(=O)N(C)C)ccc2Cl)Oc2ccccc21. The molecule has 1 aliphatic rings. The Bertz CT molecular complexity index is 1040. The maximum atomic E-state index is 13.0. The largest absolute Gasteiger partial charge is 0.485 e. The van der Waals surface area contributed by atoms with Gasteiger partial charge in [-0.2, -0.15) is 0 Å². The number of fused-ring (bicyclic) bond motifs is 1. The zero-order valence-corrected chi connectivity index (χ0v) is 19.1. The molecule has 1 atom stereocenters. The minimum atomic E-state index is -3.67. The Morgan fingerprint density at radius 1 is 1.20 bits per heavy atom. The van der Waals surface area contributed by atoms with Crippen LogP contribution in [-0.4, -0.2) is 70.4 Å². The van der Waals surface area contributed by atoms with Gasteiger partial charge in [0.2, 0.25) is 10.0 Å². The van der Waals surface area contributed by atoms with E-state index in [1.54, 1.807) is 7.05 Å². The van der Waals surface area contributed by atoms with Crippen molar-refractivity contribution >= 4 is 33.2 Å². The van der Waals surface area contributed by atoms with Crippen molar-refractivity contribution in [2.75, 3.05) is 45.7 Å². The van der Waals surface area contributed by atoms with Crippen LogP contribution in [0.25, 0.3) is 0 Å². The van der Waals surface area contributed by atoms with E-state index in [1.807, 2.05) is 24.3 Å². The first-order valence-corrected chi connectivity index (χ1v) is 11.4. The lowest BCUT2D eigenvalue weighted by Gasteiger charge is -2.37. The first-order valence-electron chi connectivity index (χ1n) is 9.63. The minimum absolute atomic E-state index is 0.0219. The van der Waals surface area contributed by atoms with Crippen molar-refractivity contribution in [1.82, 2.24) is 9.21 Å². The van der Waals surface area contributed by atoms with Gasteiger partial charge >= 0.3 is 0 Å². The molecule has 162 valence electrons. The van der Waals surface area contributed by atoms with E-state index in [0.717, 1.165) is 22.3 Å². The second kappa shape index (κ2) is 8.83. The summed E-state index contributed by atoms with van der Waals surface area (Å²) in [6, 6.07) is 12.0. The number of rotatable bonds is 6. The standard InChI is InChI=1S/C21H26ClN3O4S/c1-5-25-14-15(29-20-9-7-6-8-19(20)25)13-24(4)21(26)17-12-16(10-11-18(17)22)30(27,28)23(2)3/h6-12,15H,5,13-14H2,1-4H3/t15-/m1/s1. The van der Waals surface area contributed by atoms with Gasteiger partial charge in [0, 0.05) is 27.7 Å². The van der Waals surface area contributed by atoms with E-state index in [9.17, 15) is 13.2 Å². The van der Waals surface area contributed by atoms with Crippen LogP contribution in [0.15, 0.2) is 47.4 Å². The highest BCUT2D eigenvalue weighted by Gasteiger charge is 2.28. The molecule has 9 heteroatoms. The van der Waals surface area contributed by atoms with Crippen molar-refractivity contribution < 1.29 is 17.9 Å². The topological polar surface area (TPSA) is 70.2 Å². The van der Waals surface area contributed by atoms with Gasteiger partial charge in [0.05, 0.1) is 34.3 Å². The number of carbonyl (C=O) groups excluding carboxylic acids is 1. The molecule has 1 heterocycles. The molecule has 2 aromatic carbocycles. The molecule has 0 fully saturated rings. The number of likely N-dealkylation sites (N-methyl/N-ethyl adjacent to an activating group) is 2. The summed E-state index contributed by atoms with van der Waals surface area (Å²) in [4.78, 5) is 16.8. The van der Waals surface area contributed by atoms with E-state index in [4.69, 9.17) is 16.3 Å². The number of amides is 1. The molecule has 0 saturated carbocycles. The maximum Gasteiger partial charge on any atom is 0.255 e. The van der Waals surface area contributed by atoms with Gasteiger partial charge in [-0.05, 0) is 37.3 Å². The lowest BCUT2D eigenvalue weighted by molar-refractivity contribution is 0.0709. The summed E-state index contributed by atoms with van der Waals surface area (Å²) in [6.45, 7) is 3.88. The zero-order valence-electron chi connectivity index (χ0n) is 17.5. The van der Waals surface area contributed by atoms with Crippen LogP contribution < -0.4 is 9.64 Å². The average Bonchev–Trinajstić information content (AvgIpc) is 2.72. The molecular formula is C21H26ClN3O4S. The summed E-state index contributed by atoms with van der Waals surface area (Å²) in [5.41, 5.74) is 1.18. The number of halogens is 1. The van der Waals surface area contributed by atoms with Crippen LogP contribution in [0.1, 0.15) is 17.3 Å². The second-order valence-electron chi connectivity index (χ2n) is 7.36. The smallest absolute Gasteiger partial charge is 0.255 e. The van der Waals surface area contributed by atoms with E-state index in [2.05, 4.69) is 11.8 Å². The molecule has 0 unspecified atom stereocenters. The maximum absolute atomic E-state index is 13.0. The van der Waals surface area contributed by atoms with Gasteiger partial charge in [0.1, 0.15) is 11.9 Å². The third-order valence-electron chi connectivity index (χ3n) is 5.08. The highest BCUT2D eigenvalue weighted by molar-refractivity contribution is 7.89. The Kier molecular flexibility index (Phi) is 6.59. The number of sulfonamides is 1. The van der Waals surface area contributed by atoms with Gasteiger partial charge in [0.15, 0.2) is 0 Å². The fourth-order valence-electron chi connectivity index (χ4n) is 3.41. The predicted octanol–water partition coefficient (Wildman–Crippen LogP) is 2.95. The molecule has 30 heavy (non-hydrogen) atoms. The van der Waals surface area contributed by atoms with Crippen molar-refractivity contribution in [2.45, 2.75) is 17.9 Å². The first kappa shape index (κ1) is 22.4. The normalized spacial score (nSPS) is 16.2. The summed E-state index contributed by atoms with van der Waals surface area (Å²) in [5, 5.41) is 0.203. The summed E-state index contributed by atoms with van der Waals surface area (Å²) >= 11 is 6.22. The van der Waals surface area contributed by atoms with E-state index in [0.29, 0.717) is 13.1 Å². The minimum Gasteiger partial charge on any atom is -0.485 e. The van der Waals surface area contributed by atoms with Crippen LogP contribution in [-0.2, 0) is 10.0 Å². The number of carbonyl (C=O) groups is 1. The predicted molar refractivity (Wildman–Crippen MR) is 118 cm³/mol. The van der Waals surface area contributed by atoms with Crippen LogP contribution >= 0.6 is 11.6 Å². The molecule has 0 spiro atoms. The molecule has 1 aliphatic heterocycles. The van der Waals surface area contributed by atoms with Crippen LogP contribution in [0.5, 0.6) is 5.75 Å². The fourth-order valence-corrected chi connectivity index (χ4v) is 4.53. The highest BCUT2D eigenvalue weighted by Crippen LogP contribution is 2.33. The number of para-hydroxylation sites is 2. The summed E-state index contributed by atoms with van der Waals surface area (Å²) in [5.74, 6) is 0.426. The number of ether oxygens (including phenoxy) is 1. The molecule has 0 aromatic heterocycles. The van der Waals surface area contributed by atoms with Crippen molar-refractivity contribution in [3.05, 3.63) is 53.1 Å². The van der Waals surface area contributed by atoms with Crippen molar-refractivity contribution in [2.24, 2.45) is 0 Å². The molecule has 0 aliphatic carbocycles. The summed E-state index contributed by atoms with van der Waals surface area (Å²) in [7, 11) is 0.864. The van der Waals surface area contributed by atoms with E-state index < -0.39 is 10.0 Å². The van der Waals surface area contributed by atoms with E-state index in [1.165, 1.54) is 37.2 Å². The molecule has 2 aromatic rings. The molecule has 0 saturated heterocycles. The number of hydrogen-bond acceptors (Lipinski definition) is 5. The van der Waals surface area contributed by atoms with Gasteiger partial charge in [-0.15, -0.1) is 0 Å². The zero-order chi connectivity index (χ0) is 22.1. The molecule has 0 bridgehead atoms. The Morgan fingerprint density at radius 2 is 1.90 bits per heavy atom. The third kappa shape index (κ3) is 4.40. The number of hydrogen-bond donors (Lipinski definition) is 0. The van der Waals surface area contributed by atoms with E-state index in [-0.39, 0.29) is 27.5 Å². The quantitative estimate of drug-likeness (QED) is 0.675. The number of benzene rings is 2. The lowest BCUT2D eigenvalue weighted by Crippen LogP contribution is -2.46. The van der Waals surface area contributed by atoms with Crippen molar-refractivity contribution in [3.63, 3.8) is 0 Å². The molecule has 7 nitrogen and oxygen atoms in total. The lowest BCUT2D eigenvalue weighted by atomic mass is 10.1. The first-order chi connectivity index (χ1) is 14.1. The van der Waals surface area contributed by atoms with Crippen LogP contribution in [0.4, 0.5) is 5.69 Å². The Hall–Kier alpha value is -2.29. The monoisotopic (exact) mass is 451 g/mol. The fraction of sp³-hybridized carbons (Fsp3) is 0.381. The van der Waals surface area contributed by atoms with Crippen LogP contribution in [0, 0.1) is 0 Å². The highest BCUT2D eigenvalue weighted by atomic mass is 35.5. The third-order valence-corrected chi connectivity index (χ3v) is 7.22. The van der Waals surface area contributed by atoms with Crippen molar-refractivity contribution in [3.8, 4) is 5.75 Å². The van der Waals surface area contributed by atoms with Crippen LogP contribution in [0.2, 0.25) is 5.02 Å². The number of anilines is 1. The van der Waals surface area contributed by atoms with Gasteiger partial charge in [-0.1, -0.05) is 23.7 Å². The molecule has 0 N–H and O–H groups in total. The van der Waals surface area contributed by atoms with E-state index >= 15 is 0 Å². The Morgan fingerprint density at radius 3 is 2.57 bits per heavy atom. The Labute approximate surface area is 182 Å². The Balaban J connectivity index is 1.80.